The van der Waals surface area contributed by atoms with Gasteiger partial charge in [0.25, 0.3) is 11.8 Å². The summed E-state index contributed by atoms with van der Waals surface area (Å²) >= 11 is 0. The van der Waals surface area contributed by atoms with E-state index in [-0.39, 0.29) is 17.7 Å². The Morgan fingerprint density at radius 2 is 1.37 bits per heavy atom. The van der Waals surface area contributed by atoms with Gasteiger partial charge < -0.3 is 24.6 Å². The summed E-state index contributed by atoms with van der Waals surface area (Å²) in [5.74, 6) is 0.381. The van der Waals surface area contributed by atoms with E-state index in [1.54, 1.807) is 52.3 Å². The van der Waals surface area contributed by atoms with E-state index in [2.05, 4.69) is 5.32 Å². The molecule has 2 aromatic carbocycles. The molecule has 1 fully saturated rings. The fraction of sp³-hybridized carbons (Fsp3) is 0.318. The minimum Gasteiger partial charge on any atom is -0.496 e. The molecule has 3 amide bonds. The molecule has 1 aliphatic heterocycles. The molecule has 0 aromatic heterocycles. The molecule has 8 nitrogen and oxygen atoms in total. The Balaban J connectivity index is 1.69. The van der Waals surface area contributed by atoms with E-state index < -0.39 is 0 Å². The number of piperazine rings is 1. The van der Waals surface area contributed by atoms with Crippen LogP contribution in [0.2, 0.25) is 0 Å². The maximum Gasteiger partial charge on any atom is 0.261 e. The van der Waals surface area contributed by atoms with E-state index in [9.17, 15) is 14.4 Å². The highest BCUT2D eigenvalue weighted by Crippen LogP contribution is 2.30. The molecule has 3 rings (SSSR count). The van der Waals surface area contributed by atoms with Crippen LogP contribution in [0, 0.1) is 0 Å². The highest BCUT2D eigenvalue weighted by Gasteiger charge is 2.29. The average Bonchev–Trinajstić information content (AvgIpc) is 2.77. The molecule has 30 heavy (non-hydrogen) atoms. The summed E-state index contributed by atoms with van der Waals surface area (Å²) in [4.78, 5) is 40.6. The van der Waals surface area contributed by atoms with Crippen LogP contribution in [0.3, 0.4) is 0 Å². The zero-order chi connectivity index (χ0) is 21.7. The van der Waals surface area contributed by atoms with E-state index in [0.717, 1.165) is 0 Å². The van der Waals surface area contributed by atoms with Crippen LogP contribution in [-0.4, -0.2) is 67.9 Å². The molecule has 8 heteroatoms. The number of methoxy groups -OCH3 is 2. The Kier molecular flexibility index (Phi) is 6.56. The average molecular weight is 411 g/mol. The number of rotatable bonds is 5. The summed E-state index contributed by atoms with van der Waals surface area (Å²) in [6, 6.07) is 12.0. The lowest BCUT2D eigenvalue weighted by Gasteiger charge is -2.35. The maximum absolute atomic E-state index is 13.1. The highest BCUT2D eigenvalue weighted by atomic mass is 16.5. The third-order valence-electron chi connectivity index (χ3n) is 4.93. The van der Waals surface area contributed by atoms with Crippen LogP contribution < -0.4 is 14.8 Å². The molecular weight excluding hydrogens is 386 g/mol. The van der Waals surface area contributed by atoms with Gasteiger partial charge in [-0.05, 0) is 30.3 Å². The first kappa shape index (κ1) is 21.2. The fourth-order valence-electron chi connectivity index (χ4n) is 3.45. The number of benzene rings is 2. The van der Waals surface area contributed by atoms with Crippen molar-refractivity contribution in [2.75, 3.05) is 45.7 Å². The Morgan fingerprint density at radius 1 is 0.833 bits per heavy atom. The molecule has 158 valence electrons. The van der Waals surface area contributed by atoms with E-state index in [1.165, 1.54) is 21.1 Å². The predicted molar refractivity (Wildman–Crippen MR) is 112 cm³/mol. The van der Waals surface area contributed by atoms with Crippen molar-refractivity contribution in [2.45, 2.75) is 6.92 Å². The normalized spacial score (nSPS) is 13.6. The van der Waals surface area contributed by atoms with Gasteiger partial charge in [-0.2, -0.15) is 0 Å². The third-order valence-corrected chi connectivity index (χ3v) is 4.93. The SMILES string of the molecule is COc1cccc(OC)c1C(=O)N1CCN(C(=O)c2cccc(NC(C)=O)c2)CC1. The second kappa shape index (κ2) is 9.30. The van der Waals surface area contributed by atoms with Crippen molar-refractivity contribution in [3.63, 3.8) is 0 Å². The lowest BCUT2D eigenvalue weighted by molar-refractivity contribution is -0.114. The van der Waals surface area contributed by atoms with Gasteiger partial charge in [0.15, 0.2) is 0 Å². The number of ether oxygens (including phenoxy) is 2. The van der Waals surface area contributed by atoms with Gasteiger partial charge >= 0.3 is 0 Å². The van der Waals surface area contributed by atoms with Gasteiger partial charge in [0.2, 0.25) is 5.91 Å². The summed E-state index contributed by atoms with van der Waals surface area (Å²) in [5.41, 5.74) is 1.45. The number of carbonyl (C=O) groups is 3. The number of hydrogen-bond donors (Lipinski definition) is 1. The smallest absolute Gasteiger partial charge is 0.261 e. The molecule has 0 saturated carbocycles. The molecule has 1 heterocycles. The van der Waals surface area contributed by atoms with Gasteiger partial charge in [-0.15, -0.1) is 0 Å². The predicted octanol–water partition coefficient (Wildman–Crippen LogP) is 2.26. The quantitative estimate of drug-likeness (QED) is 0.815. The van der Waals surface area contributed by atoms with Crippen LogP contribution in [0.1, 0.15) is 27.6 Å². The molecule has 0 spiro atoms. The summed E-state index contributed by atoms with van der Waals surface area (Å²) in [5, 5.41) is 2.68. The van der Waals surface area contributed by atoms with Crippen molar-refractivity contribution in [3.8, 4) is 11.5 Å². The minimum absolute atomic E-state index is 0.135. The van der Waals surface area contributed by atoms with Crippen LogP contribution in [0.5, 0.6) is 11.5 Å². The van der Waals surface area contributed by atoms with E-state index in [4.69, 9.17) is 9.47 Å². The lowest BCUT2D eigenvalue weighted by atomic mass is 10.1. The van der Waals surface area contributed by atoms with Gasteiger partial charge in [-0.3, -0.25) is 14.4 Å². The van der Waals surface area contributed by atoms with Gasteiger partial charge in [-0.25, -0.2) is 0 Å². The maximum atomic E-state index is 13.1. The number of amides is 3. The molecule has 0 bridgehead atoms. The van der Waals surface area contributed by atoms with Crippen LogP contribution >= 0.6 is 0 Å². The van der Waals surface area contributed by atoms with Crippen LogP contribution in [0.25, 0.3) is 0 Å². The zero-order valence-corrected chi connectivity index (χ0v) is 17.3. The van der Waals surface area contributed by atoms with Crippen LogP contribution in [-0.2, 0) is 4.79 Å². The number of nitrogens with one attached hydrogen (secondary N) is 1. The first-order chi connectivity index (χ1) is 14.4. The number of carbonyl (C=O) groups excluding carboxylic acids is 3. The van der Waals surface area contributed by atoms with Crippen molar-refractivity contribution < 1.29 is 23.9 Å². The van der Waals surface area contributed by atoms with Crippen molar-refractivity contribution in [2.24, 2.45) is 0 Å². The third kappa shape index (κ3) is 4.53. The molecule has 0 atom stereocenters. The highest BCUT2D eigenvalue weighted by molar-refractivity contribution is 6.00. The largest absolute Gasteiger partial charge is 0.496 e. The van der Waals surface area contributed by atoms with Gasteiger partial charge in [0, 0.05) is 44.4 Å². The van der Waals surface area contributed by atoms with Gasteiger partial charge in [-0.1, -0.05) is 12.1 Å². The fourth-order valence-corrected chi connectivity index (χ4v) is 3.45. The Morgan fingerprint density at radius 3 is 1.90 bits per heavy atom. The number of nitrogens with zero attached hydrogens (tertiary/aromatic N) is 2. The molecule has 1 aliphatic rings. The van der Waals surface area contributed by atoms with Crippen LogP contribution in [0.4, 0.5) is 5.69 Å². The minimum atomic E-state index is -0.196. The summed E-state index contributed by atoms with van der Waals surface area (Å²) < 4.78 is 10.7. The zero-order valence-electron chi connectivity index (χ0n) is 17.3. The molecule has 0 unspecified atom stereocenters. The molecule has 1 N–H and O–H groups in total. The Labute approximate surface area is 175 Å². The topological polar surface area (TPSA) is 88.2 Å². The lowest BCUT2D eigenvalue weighted by Crippen LogP contribution is -2.50. The van der Waals surface area contributed by atoms with Crippen molar-refractivity contribution in [3.05, 3.63) is 53.6 Å². The van der Waals surface area contributed by atoms with Crippen molar-refractivity contribution >= 4 is 23.4 Å². The van der Waals surface area contributed by atoms with Gasteiger partial charge in [0.05, 0.1) is 14.2 Å². The molecular formula is C22H25N3O5. The van der Waals surface area contributed by atoms with E-state index in [0.29, 0.717) is 54.5 Å². The summed E-state index contributed by atoms with van der Waals surface area (Å²) in [6.07, 6.45) is 0. The standard InChI is InChI=1S/C22H25N3O5/c1-15(26)23-17-7-4-6-16(14-17)21(27)24-10-12-25(13-11-24)22(28)20-18(29-2)8-5-9-19(20)30-3/h4-9,14H,10-13H2,1-3H3,(H,23,26). The number of hydrogen-bond acceptors (Lipinski definition) is 5. The second-order valence-electron chi connectivity index (χ2n) is 6.88. The molecule has 2 aromatic rings. The first-order valence-electron chi connectivity index (χ1n) is 9.61. The Bertz CT molecular complexity index is 929. The van der Waals surface area contributed by atoms with E-state index in [1.807, 2.05) is 0 Å². The first-order valence-corrected chi connectivity index (χ1v) is 9.61. The molecule has 0 radical (unpaired) electrons. The molecule has 1 saturated heterocycles. The monoisotopic (exact) mass is 411 g/mol. The summed E-state index contributed by atoms with van der Waals surface area (Å²) in [6.45, 7) is 3.04. The van der Waals surface area contributed by atoms with Gasteiger partial charge in [0.1, 0.15) is 17.1 Å². The molecule has 0 aliphatic carbocycles. The van der Waals surface area contributed by atoms with E-state index >= 15 is 0 Å². The van der Waals surface area contributed by atoms with Crippen molar-refractivity contribution in [1.82, 2.24) is 9.80 Å². The van der Waals surface area contributed by atoms with Crippen molar-refractivity contribution in [1.29, 1.82) is 0 Å². The van der Waals surface area contributed by atoms with Crippen LogP contribution in [0.15, 0.2) is 42.5 Å². The second-order valence-corrected chi connectivity index (χ2v) is 6.88. The number of anilines is 1. The summed E-state index contributed by atoms with van der Waals surface area (Å²) in [7, 11) is 3.02. The Hall–Kier alpha value is -3.55.